The van der Waals surface area contributed by atoms with Crippen LogP contribution in [0, 0.1) is 0 Å². The van der Waals surface area contributed by atoms with E-state index in [1.807, 2.05) is 39.0 Å². The summed E-state index contributed by atoms with van der Waals surface area (Å²) in [5.41, 5.74) is 1.85. The molecule has 1 fully saturated rings. The summed E-state index contributed by atoms with van der Waals surface area (Å²) in [4.78, 5) is 33.7. The highest BCUT2D eigenvalue weighted by Crippen LogP contribution is 2.28. The molecule has 10 heteroatoms. The van der Waals surface area contributed by atoms with Crippen LogP contribution in [0.25, 0.3) is 0 Å². The van der Waals surface area contributed by atoms with E-state index in [4.69, 9.17) is 14.6 Å². The van der Waals surface area contributed by atoms with Gasteiger partial charge in [-0.3, -0.25) is 14.7 Å². The molecule has 10 nitrogen and oxygen atoms in total. The van der Waals surface area contributed by atoms with Gasteiger partial charge < -0.3 is 19.7 Å². The molecule has 2 amide bonds. The fraction of sp³-hybridized carbons (Fsp3) is 0.600. The maximum Gasteiger partial charge on any atom is 0.409 e. The summed E-state index contributed by atoms with van der Waals surface area (Å²) >= 11 is 0. The highest BCUT2D eigenvalue weighted by molar-refractivity contribution is 6.13. The van der Waals surface area contributed by atoms with Crippen LogP contribution in [-0.2, 0) is 16.1 Å². The number of aliphatic imine (C=N–C) groups is 1. The summed E-state index contributed by atoms with van der Waals surface area (Å²) in [5.74, 6) is 1.93. The number of hydrogen-bond acceptors (Lipinski definition) is 8. The molecule has 1 aromatic rings. The average molecular weight is 485 g/mol. The Kier molecular flexibility index (Phi) is 7.90. The summed E-state index contributed by atoms with van der Waals surface area (Å²) in [6.07, 6.45) is 1.47. The topological polar surface area (TPSA) is 99.1 Å². The van der Waals surface area contributed by atoms with Gasteiger partial charge in [-0.2, -0.15) is 5.10 Å². The summed E-state index contributed by atoms with van der Waals surface area (Å²) in [7, 11) is 0. The Labute approximate surface area is 206 Å². The maximum absolute atomic E-state index is 13.0. The van der Waals surface area contributed by atoms with Gasteiger partial charge in [0.2, 0.25) is 0 Å². The number of hydrazone groups is 1. The zero-order chi connectivity index (χ0) is 24.9. The van der Waals surface area contributed by atoms with E-state index in [-0.39, 0.29) is 18.0 Å². The molecule has 0 radical (unpaired) electrons. The van der Waals surface area contributed by atoms with Crippen LogP contribution in [0.15, 0.2) is 28.3 Å². The van der Waals surface area contributed by atoms with Crippen LogP contribution in [0.4, 0.5) is 4.79 Å². The van der Waals surface area contributed by atoms with E-state index in [1.165, 1.54) is 0 Å². The first kappa shape index (κ1) is 25.0. The van der Waals surface area contributed by atoms with Crippen molar-refractivity contribution in [3.8, 4) is 5.75 Å². The van der Waals surface area contributed by atoms with Crippen LogP contribution in [0.5, 0.6) is 5.75 Å². The van der Waals surface area contributed by atoms with Crippen molar-refractivity contribution < 1.29 is 19.1 Å². The number of ether oxygens (including phenoxy) is 2. The third kappa shape index (κ3) is 5.42. The molecule has 35 heavy (non-hydrogen) atoms. The lowest BCUT2D eigenvalue weighted by molar-refractivity contribution is -0.124. The van der Waals surface area contributed by atoms with Crippen LogP contribution >= 0.6 is 0 Å². The van der Waals surface area contributed by atoms with Gasteiger partial charge in [0.05, 0.1) is 24.8 Å². The van der Waals surface area contributed by atoms with E-state index in [1.54, 1.807) is 9.91 Å². The Morgan fingerprint density at radius 3 is 2.60 bits per heavy atom. The largest absolute Gasteiger partial charge is 0.493 e. The first-order valence-electron chi connectivity index (χ1n) is 12.6. The highest BCUT2D eigenvalue weighted by Gasteiger charge is 2.42. The quantitative estimate of drug-likeness (QED) is 0.609. The number of carbonyl (C=O) groups excluding carboxylic acids is 2. The van der Waals surface area contributed by atoms with Gasteiger partial charge in [-0.1, -0.05) is 13.0 Å². The predicted octanol–water partition coefficient (Wildman–Crippen LogP) is 2.42. The minimum atomic E-state index is -0.408. The molecule has 1 aromatic carbocycles. The number of benzene rings is 1. The second-order valence-corrected chi connectivity index (χ2v) is 8.99. The predicted molar refractivity (Wildman–Crippen MR) is 134 cm³/mol. The first-order chi connectivity index (χ1) is 16.9. The van der Waals surface area contributed by atoms with Crippen LogP contribution < -0.4 is 10.1 Å². The van der Waals surface area contributed by atoms with Crippen molar-refractivity contribution in [2.45, 2.75) is 59.2 Å². The minimum Gasteiger partial charge on any atom is -0.493 e. The molecule has 0 spiro atoms. The number of nitrogens with zero attached hydrogens (tertiary/aromatic N) is 5. The van der Waals surface area contributed by atoms with Crippen molar-refractivity contribution in [2.24, 2.45) is 10.1 Å². The molecule has 2 unspecified atom stereocenters. The lowest BCUT2D eigenvalue weighted by atomic mass is 10.1. The fourth-order valence-electron chi connectivity index (χ4n) is 4.73. The standard InChI is InChI=1S/C25H36N6O4/c1-5-8-21-26-17(4)22-24(32)27-23(28-31(21)22)19-15-18(9-10-20(19)34-6-2)16-29-11-13-30(14-12-29)25(33)35-7-3/h9-10,15,17,22H,5-8,11-14,16H2,1-4H3,(H,27,28,32). The van der Waals surface area contributed by atoms with Gasteiger partial charge in [0, 0.05) is 39.1 Å². The van der Waals surface area contributed by atoms with Gasteiger partial charge in [-0.25, -0.2) is 9.80 Å². The summed E-state index contributed by atoms with van der Waals surface area (Å²) in [6, 6.07) is 5.49. The summed E-state index contributed by atoms with van der Waals surface area (Å²) < 4.78 is 11.0. The Morgan fingerprint density at radius 2 is 1.91 bits per heavy atom. The normalized spacial score (nSPS) is 22.3. The van der Waals surface area contributed by atoms with Crippen molar-refractivity contribution in [1.82, 2.24) is 20.1 Å². The second-order valence-electron chi connectivity index (χ2n) is 8.99. The van der Waals surface area contributed by atoms with Crippen LogP contribution in [-0.4, -0.2) is 90.0 Å². The molecule has 3 aliphatic rings. The van der Waals surface area contributed by atoms with E-state index in [9.17, 15) is 9.59 Å². The molecule has 2 atom stereocenters. The molecule has 1 saturated heterocycles. The molecule has 1 N–H and O–H groups in total. The van der Waals surface area contributed by atoms with Crippen molar-refractivity contribution in [3.05, 3.63) is 29.3 Å². The number of fused-ring (bicyclic) bond motifs is 1. The summed E-state index contributed by atoms with van der Waals surface area (Å²) in [5, 5.41) is 9.62. The van der Waals surface area contributed by atoms with Crippen LogP contribution in [0.3, 0.4) is 0 Å². The number of amidine groups is 2. The van der Waals surface area contributed by atoms with Crippen molar-refractivity contribution in [3.63, 3.8) is 0 Å². The SMILES string of the molecule is CCCC1=NC(C)C2C(=O)NC(c3cc(CN4CCN(C(=O)OCC)CC4)ccc3OCC)=NN12. The second kappa shape index (κ2) is 11.1. The lowest BCUT2D eigenvalue weighted by Crippen LogP contribution is -2.54. The van der Waals surface area contributed by atoms with Crippen LogP contribution in [0.2, 0.25) is 0 Å². The van der Waals surface area contributed by atoms with Crippen LogP contribution in [0.1, 0.15) is 51.7 Å². The molecule has 0 saturated carbocycles. The number of nitrogens with one attached hydrogen (secondary N) is 1. The fourth-order valence-corrected chi connectivity index (χ4v) is 4.73. The highest BCUT2D eigenvalue weighted by atomic mass is 16.6. The Bertz CT molecular complexity index is 1000. The molecule has 0 bridgehead atoms. The van der Waals surface area contributed by atoms with Gasteiger partial charge in [-0.05, 0) is 44.9 Å². The van der Waals surface area contributed by atoms with Crippen molar-refractivity contribution in [1.29, 1.82) is 0 Å². The number of piperazine rings is 1. The van der Waals surface area contributed by atoms with Gasteiger partial charge in [0.25, 0.3) is 5.91 Å². The Balaban J connectivity index is 1.54. The molecule has 3 aliphatic heterocycles. The van der Waals surface area contributed by atoms with Gasteiger partial charge >= 0.3 is 6.09 Å². The van der Waals surface area contributed by atoms with E-state index >= 15 is 0 Å². The molecule has 3 heterocycles. The van der Waals surface area contributed by atoms with E-state index in [2.05, 4.69) is 22.1 Å². The minimum absolute atomic E-state index is 0.0970. The van der Waals surface area contributed by atoms with E-state index in [0.29, 0.717) is 37.9 Å². The maximum atomic E-state index is 13.0. The van der Waals surface area contributed by atoms with Crippen molar-refractivity contribution >= 4 is 23.7 Å². The number of rotatable bonds is 8. The van der Waals surface area contributed by atoms with Gasteiger partial charge in [-0.15, -0.1) is 0 Å². The average Bonchev–Trinajstić information content (AvgIpc) is 3.16. The smallest absolute Gasteiger partial charge is 0.409 e. The molecule has 0 aliphatic carbocycles. The molecular weight excluding hydrogens is 448 g/mol. The monoisotopic (exact) mass is 484 g/mol. The van der Waals surface area contributed by atoms with Crippen molar-refractivity contribution in [2.75, 3.05) is 39.4 Å². The first-order valence-corrected chi connectivity index (χ1v) is 12.6. The van der Waals surface area contributed by atoms with Gasteiger partial charge in [0.15, 0.2) is 11.9 Å². The summed E-state index contributed by atoms with van der Waals surface area (Å²) in [6.45, 7) is 12.2. The number of carbonyl (C=O) groups is 2. The number of amides is 2. The lowest BCUT2D eigenvalue weighted by Gasteiger charge is -2.34. The van der Waals surface area contributed by atoms with E-state index < -0.39 is 6.04 Å². The molecule has 190 valence electrons. The third-order valence-corrected chi connectivity index (χ3v) is 6.43. The third-order valence-electron chi connectivity index (χ3n) is 6.43. The Morgan fingerprint density at radius 1 is 1.14 bits per heavy atom. The zero-order valence-corrected chi connectivity index (χ0v) is 21.1. The number of hydrogen-bond donors (Lipinski definition) is 1. The molecule has 0 aromatic heterocycles. The van der Waals surface area contributed by atoms with Gasteiger partial charge in [0.1, 0.15) is 11.6 Å². The zero-order valence-electron chi connectivity index (χ0n) is 21.1. The molecular formula is C25H36N6O4. The Hall–Kier alpha value is -3.14. The molecule has 4 rings (SSSR count). The van der Waals surface area contributed by atoms with E-state index in [0.717, 1.165) is 49.4 Å².